The number of carbonyl (C=O) groups excluding carboxylic acids is 2. The maximum absolute atomic E-state index is 12.7. The van der Waals surface area contributed by atoms with Gasteiger partial charge in [-0.05, 0) is 60.2 Å². The number of nitrogens with one attached hydrogen (secondary N) is 4. The monoisotopic (exact) mass is 649 g/mol. The van der Waals surface area contributed by atoms with Crippen molar-refractivity contribution in [2.45, 2.75) is 0 Å². The smallest absolute Gasteiger partial charge is 0.323 e. The molecule has 3 aromatic carbocycles. The van der Waals surface area contributed by atoms with E-state index in [9.17, 15) is 9.59 Å². The second-order valence-electron chi connectivity index (χ2n) is 11.2. The minimum absolute atomic E-state index is 0.151. The Bertz CT molecular complexity index is 1670. The molecule has 2 aliphatic rings. The molecule has 0 radical (unpaired) electrons. The lowest BCUT2D eigenvalue weighted by molar-refractivity contribution is 0.0383. The number of morpholine rings is 2. The Kier molecular flexibility index (Phi) is 11.2. The largest absolute Gasteiger partial charge is 0.379 e. The first-order valence-corrected chi connectivity index (χ1v) is 16.0. The summed E-state index contributed by atoms with van der Waals surface area (Å²) in [6, 6.07) is 23.6. The van der Waals surface area contributed by atoms with E-state index in [1.54, 1.807) is 36.4 Å². The first kappa shape index (κ1) is 32.6. The number of hydrogen-bond donors (Lipinski definition) is 4. The molecule has 0 aliphatic carbocycles. The van der Waals surface area contributed by atoms with Crippen LogP contribution in [0.2, 0.25) is 0 Å². The van der Waals surface area contributed by atoms with Gasteiger partial charge in [-0.1, -0.05) is 36.4 Å². The van der Waals surface area contributed by atoms with Crippen LogP contribution in [-0.2, 0) is 9.47 Å². The van der Waals surface area contributed by atoms with Crippen LogP contribution in [0.15, 0.2) is 78.9 Å². The third-order valence-electron chi connectivity index (χ3n) is 7.78. The molecule has 2 aliphatic heterocycles. The number of hydrogen-bond acceptors (Lipinski definition) is 10. The van der Waals surface area contributed by atoms with Crippen molar-refractivity contribution in [3.05, 3.63) is 95.8 Å². The van der Waals surface area contributed by atoms with Gasteiger partial charge in [0.15, 0.2) is 5.82 Å². The summed E-state index contributed by atoms with van der Waals surface area (Å²) in [5, 5.41) is 11.8. The second kappa shape index (κ2) is 16.5. The zero-order chi connectivity index (χ0) is 33.0. The maximum Gasteiger partial charge on any atom is 0.323 e. The van der Waals surface area contributed by atoms with Crippen LogP contribution in [0.4, 0.5) is 33.8 Å². The number of nitrogens with zero attached hydrogens (tertiary/aromatic N) is 5. The average Bonchev–Trinajstić information content (AvgIpc) is 3.13. The summed E-state index contributed by atoms with van der Waals surface area (Å²) in [6.07, 6.45) is 3.83. The van der Waals surface area contributed by atoms with Gasteiger partial charge in [0.2, 0.25) is 11.9 Å². The minimum Gasteiger partial charge on any atom is -0.379 e. The molecule has 0 unspecified atom stereocenters. The molecule has 248 valence electrons. The Balaban J connectivity index is 1.02. The molecule has 0 bridgehead atoms. The number of benzene rings is 3. The first-order chi connectivity index (χ1) is 23.6. The maximum atomic E-state index is 12.7. The van der Waals surface area contributed by atoms with Crippen molar-refractivity contribution in [2.75, 3.05) is 86.5 Å². The molecule has 6 rings (SSSR count). The highest BCUT2D eigenvalue weighted by atomic mass is 16.5. The van der Waals surface area contributed by atoms with E-state index in [4.69, 9.17) is 9.47 Å². The molecule has 0 atom stereocenters. The summed E-state index contributed by atoms with van der Waals surface area (Å²) in [6.45, 7) is 7.19. The van der Waals surface area contributed by atoms with Crippen molar-refractivity contribution in [3.63, 3.8) is 0 Å². The van der Waals surface area contributed by atoms with Crippen molar-refractivity contribution in [1.82, 2.24) is 25.2 Å². The number of amides is 3. The molecular formula is C35H39N9O4. The third kappa shape index (κ3) is 9.58. The van der Waals surface area contributed by atoms with Crippen molar-refractivity contribution >= 4 is 53.0 Å². The molecule has 48 heavy (non-hydrogen) atoms. The molecule has 3 heterocycles. The number of aromatic nitrogens is 3. The normalized spacial score (nSPS) is 15.2. The van der Waals surface area contributed by atoms with Gasteiger partial charge in [0.25, 0.3) is 5.91 Å². The lowest BCUT2D eigenvalue weighted by Crippen LogP contribution is -2.41. The molecular weight excluding hydrogens is 610 g/mol. The third-order valence-corrected chi connectivity index (χ3v) is 7.78. The highest BCUT2D eigenvalue weighted by Gasteiger charge is 2.17. The molecule has 0 spiro atoms. The SMILES string of the molecule is O=C(Nc1ccc(Nc2nc(/C=C/c3ccccc3)nc(N3CCOCC3)n2)cc1)Nc1ccc(C(=O)NCCN2CCOCC2)cc1. The van der Waals surface area contributed by atoms with Crippen molar-refractivity contribution in [1.29, 1.82) is 0 Å². The Labute approximate surface area is 279 Å². The zero-order valence-electron chi connectivity index (χ0n) is 26.6. The molecule has 13 nitrogen and oxygen atoms in total. The molecule has 2 saturated heterocycles. The summed E-state index contributed by atoms with van der Waals surface area (Å²) in [7, 11) is 0. The van der Waals surface area contributed by atoms with Crippen LogP contribution in [0.3, 0.4) is 0 Å². The zero-order valence-corrected chi connectivity index (χ0v) is 26.6. The van der Waals surface area contributed by atoms with Crippen LogP contribution in [-0.4, -0.2) is 97.5 Å². The van der Waals surface area contributed by atoms with Gasteiger partial charge in [-0.2, -0.15) is 15.0 Å². The fourth-order valence-electron chi connectivity index (χ4n) is 5.17. The topological polar surface area (TPSA) is 146 Å². The number of urea groups is 1. The van der Waals surface area contributed by atoms with E-state index in [2.05, 4.69) is 46.0 Å². The summed E-state index contributed by atoms with van der Waals surface area (Å²) in [5.74, 6) is 1.37. The van der Waals surface area contributed by atoms with E-state index in [0.717, 1.165) is 44.1 Å². The first-order valence-electron chi connectivity index (χ1n) is 16.0. The van der Waals surface area contributed by atoms with Gasteiger partial charge in [0, 0.05) is 61.9 Å². The molecule has 1 aromatic heterocycles. The number of carbonyl (C=O) groups is 2. The molecule has 3 amide bonds. The molecule has 2 fully saturated rings. The Hall–Kier alpha value is -5.37. The van der Waals surface area contributed by atoms with Crippen LogP contribution < -0.4 is 26.2 Å². The van der Waals surface area contributed by atoms with Gasteiger partial charge in [0.1, 0.15) is 0 Å². The standard InChI is InChI=1S/C35H39N9O4/c45-32(36-16-17-43-18-22-47-23-19-43)27-7-9-29(10-8-27)38-35(46)39-30-13-11-28(12-14-30)37-33-40-31(15-6-26-4-2-1-3-5-26)41-34(42-33)44-20-24-48-25-21-44/h1-15H,16-25H2,(H,36,45)(H2,38,39,46)(H,37,40,41,42)/b15-6+. The summed E-state index contributed by atoms with van der Waals surface area (Å²) >= 11 is 0. The molecule has 0 saturated carbocycles. The predicted molar refractivity (Wildman–Crippen MR) is 187 cm³/mol. The number of anilines is 5. The Morgan fingerprint density at radius 1 is 0.708 bits per heavy atom. The lowest BCUT2D eigenvalue weighted by Gasteiger charge is -2.27. The summed E-state index contributed by atoms with van der Waals surface area (Å²) < 4.78 is 10.9. The van der Waals surface area contributed by atoms with E-state index in [0.29, 0.717) is 67.5 Å². The summed E-state index contributed by atoms with van der Waals surface area (Å²) in [4.78, 5) is 43.5. The second-order valence-corrected chi connectivity index (χ2v) is 11.2. The quantitative estimate of drug-likeness (QED) is 0.185. The van der Waals surface area contributed by atoms with Crippen LogP contribution >= 0.6 is 0 Å². The van der Waals surface area contributed by atoms with Crippen LogP contribution in [0.5, 0.6) is 0 Å². The fourth-order valence-corrected chi connectivity index (χ4v) is 5.17. The van der Waals surface area contributed by atoms with E-state index in [-0.39, 0.29) is 5.91 Å². The van der Waals surface area contributed by atoms with Gasteiger partial charge in [-0.15, -0.1) is 0 Å². The predicted octanol–water partition coefficient (Wildman–Crippen LogP) is 4.33. The van der Waals surface area contributed by atoms with E-state index >= 15 is 0 Å². The van der Waals surface area contributed by atoms with Crippen molar-refractivity contribution in [2.24, 2.45) is 0 Å². The molecule has 4 N–H and O–H groups in total. The summed E-state index contributed by atoms with van der Waals surface area (Å²) in [5.41, 5.74) is 3.49. The number of rotatable bonds is 11. The highest BCUT2D eigenvalue weighted by Crippen LogP contribution is 2.20. The Morgan fingerprint density at radius 3 is 2.02 bits per heavy atom. The van der Waals surface area contributed by atoms with E-state index in [1.165, 1.54) is 0 Å². The molecule has 13 heteroatoms. The lowest BCUT2D eigenvalue weighted by atomic mass is 10.2. The highest BCUT2D eigenvalue weighted by molar-refractivity contribution is 6.00. The van der Waals surface area contributed by atoms with Gasteiger partial charge in [-0.3, -0.25) is 9.69 Å². The van der Waals surface area contributed by atoms with Crippen molar-refractivity contribution in [3.8, 4) is 0 Å². The van der Waals surface area contributed by atoms with Crippen molar-refractivity contribution < 1.29 is 19.1 Å². The molecule has 4 aromatic rings. The number of ether oxygens (including phenoxy) is 2. The van der Waals surface area contributed by atoms with Gasteiger partial charge >= 0.3 is 6.03 Å². The fraction of sp³-hybridized carbons (Fsp3) is 0.286. The van der Waals surface area contributed by atoms with Gasteiger partial charge in [-0.25, -0.2) is 4.79 Å². The minimum atomic E-state index is -0.402. The van der Waals surface area contributed by atoms with E-state index < -0.39 is 6.03 Å². The van der Waals surface area contributed by atoms with Gasteiger partial charge in [0.05, 0.1) is 26.4 Å². The average molecular weight is 650 g/mol. The van der Waals surface area contributed by atoms with Crippen LogP contribution in [0, 0.1) is 0 Å². The van der Waals surface area contributed by atoms with Crippen LogP contribution in [0.1, 0.15) is 21.7 Å². The van der Waals surface area contributed by atoms with Crippen LogP contribution in [0.25, 0.3) is 12.2 Å². The van der Waals surface area contributed by atoms with E-state index in [1.807, 2.05) is 54.6 Å². The Morgan fingerprint density at radius 2 is 1.33 bits per heavy atom. The van der Waals surface area contributed by atoms with Gasteiger partial charge < -0.3 is 35.6 Å².